The van der Waals surface area contributed by atoms with Crippen LogP contribution in [0.15, 0.2) is 11.6 Å². The zero-order valence-electron chi connectivity index (χ0n) is 19.4. The van der Waals surface area contributed by atoms with Gasteiger partial charge in [-0.05, 0) is 117 Å². The zero-order valence-corrected chi connectivity index (χ0v) is 19.4. The minimum Gasteiger partial charge on any atom is -0.393 e. The van der Waals surface area contributed by atoms with E-state index in [1.165, 1.54) is 57.9 Å². The average Bonchev–Trinajstić information content (AvgIpc) is 3.06. The minimum atomic E-state index is -0.0813. The lowest BCUT2D eigenvalue weighted by Crippen LogP contribution is -2.52. The van der Waals surface area contributed by atoms with Gasteiger partial charge in [-0.15, -0.1) is 0 Å². The smallest absolute Gasteiger partial charge is 0.0577 e. The van der Waals surface area contributed by atoms with Crippen molar-refractivity contribution in [1.82, 2.24) is 5.32 Å². The van der Waals surface area contributed by atoms with Crippen LogP contribution in [0.3, 0.4) is 0 Å². The third-order valence-electron chi connectivity index (χ3n) is 11.1. The third kappa shape index (κ3) is 3.18. The number of aliphatic hydroxyl groups excluding tert-OH is 1. The van der Waals surface area contributed by atoms with Crippen molar-refractivity contribution in [2.24, 2.45) is 46.3 Å². The number of nitrogens with one attached hydrogen (secondary N) is 1. The second-order valence-corrected chi connectivity index (χ2v) is 12.4. The molecule has 2 N–H and O–H groups in total. The second kappa shape index (κ2) is 7.37. The second-order valence-electron chi connectivity index (χ2n) is 12.4. The van der Waals surface area contributed by atoms with Gasteiger partial charge in [0, 0.05) is 6.04 Å². The van der Waals surface area contributed by atoms with Crippen molar-refractivity contribution in [2.75, 3.05) is 6.54 Å². The molecule has 2 heteroatoms. The molecule has 3 saturated carbocycles. The molecular formula is C27H45NO. The van der Waals surface area contributed by atoms with Gasteiger partial charge in [0.25, 0.3) is 0 Å². The minimum absolute atomic E-state index is 0.0813. The van der Waals surface area contributed by atoms with Gasteiger partial charge < -0.3 is 10.4 Å². The van der Waals surface area contributed by atoms with Gasteiger partial charge in [-0.2, -0.15) is 0 Å². The highest BCUT2D eigenvalue weighted by molar-refractivity contribution is 5.25. The highest BCUT2D eigenvalue weighted by Gasteiger charge is 2.59. The fraction of sp³-hybridized carbons (Fsp3) is 0.926. The highest BCUT2D eigenvalue weighted by Crippen LogP contribution is 2.67. The Morgan fingerprint density at radius 2 is 1.86 bits per heavy atom. The van der Waals surface area contributed by atoms with Gasteiger partial charge in [0.1, 0.15) is 0 Å². The Morgan fingerprint density at radius 3 is 2.62 bits per heavy atom. The Kier molecular flexibility index (Phi) is 5.22. The monoisotopic (exact) mass is 399 g/mol. The van der Waals surface area contributed by atoms with E-state index in [-0.39, 0.29) is 6.10 Å². The number of hydrogen-bond donors (Lipinski definition) is 2. The maximum absolute atomic E-state index is 10.2. The predicted octanol–water partition coefficient (Wildman–Crippen LogP) is 5.95. The summed E-state index contributed by atoms with van der Waals surface area (Å²) in [7, 11) is 0. The Labute approximate surface area is 179 Å². The van der Waals surface area contributed by atoms with E-state index < -0.39 is 0 Å². The van der Waals surface area contributed by atoms with E-state index >= 15 is 0 Å². The number of aliphatic hydroxyl groups is 1. The summed E-state index contributed by atoms with van der Waals surface area (Å²) in [5, 5.41) is 14.2. The molecule has 5 aliphatic rings. The van der Waals surface area contributed by atoms with Crippen molar-refractivity contribution < 1.29 is 5.11 Å². The van der Waals surface area contributed by atoms with Crippen LogP contribution in [0.5, 0.6) is 0 Å². The van der Waals surface area contributed by atoms with E-state index in [0.717, 1.165) is 54.4 Å². The first kappa shape index (κ1) is 20.6. The van der Waals surface area contributed by atoms with Gasteiger partial charge in [-0.1, -0.05) is 39.3 Å². The number of rotatable bonds is 2. The van der Waals surface area contributed by atoms with Crippen LogP contribution in [-0.4, -0.2) is 23.8 Å². The zero-order chi connectivity index (χ0) is 20.4. The Hall–Kier alpha value is -0.340. The van der Waals surface area contributed by atoms with Crippen molar-refractivity contribution in [3.8, 4) is 0 Å². The molecule has 0 unspecified atom stereocenters. The first-order chi connectivity index (χ1) is 13.8. The van der Waals surface area contributed by atoms with Gasteiger partial charge in [0.2, 0.25) is 0 Å². The summed E-state index contributed by atoms with van der Waals surface area (Å²) in [6.07, 6.45) is 15.6. The molecular weight excluding hydrogens is 354 g/mol. The molecule has 1 aliphatic heterocycles. The fourth-order valence-electron chi connectivity index (χ4n) is 9.30. The third-order valence-corrected chi connectivity index (χ3v) is 11.1. The normalized spacial score (nSPS) is 53.4. The van der Waals surface area contributed by atoms with Gasteiger partial charge in [-0.3, -0.25) is 0 Å². The lowest BCUT2D eigenvalue weighted by molar-refractivity contribution is -0.0598. The number of piperidine rings is 1. The summed E-state index contributed by atoms with van der Waals surface area (Å²) in [5.41, 5.74) is 2.56. The van der Waals surface area contributed by atoms with Gasteiger partial charge in [0.05, 0.1) is 6.10 Å². The Balaban J connectivity index is 1.36. The number of allylic oxidation sites excluding steroid dienone is 1. The van der Waals surface area contributed by atoms with Crippen LogP contribution in [0.1, 0.15) is 91.9 Å². The number of fused-ring (bicyclic) bond motifs is 5. The fourth-order valence-corrected chi connectivity index (χ4v) is 9.30. The summed E-state index contributed by atoms with van der Waals surface area (Å²) in [6.45, 7) is 11.5. The molecule has 29 heavy (non-hydrogen) atoms. The lowest BCUT2D eigenvalue weighted by atomic mass is 9.47. The van der Waals surface area contributed by atoms with Crippen molar-refractivity contribution in [1.29, 1.82) is 0 Å². The summed E-state index contributed by atoms with van der Waals surface area (Å²) >= 11 is 0. The van der Waals surface area contributed by atoms with Crippen molar-refractivity contribution >= 4 is 0 Å². The molecule has 0 aromatic rings. The van der Waals surface area contributed by atoms with Crippen molar-refractivity contribution in [3.05, 3.63) is 11.6 Å². The molecule has 0 bridgehead atoms. The van der Waals surface area contributed by atoms with Crippen LogP contribution in [-0.2, 0) is 0 Å². The molecule has 4 fully saturated rings. The van der Waals surface area contributed by atoms with E-state index in [1.807, 2.05) is 0 Å². The van der Waals surface area contributed by atoms with Crippen LogP contribution < -0.4 is 5.32 Å². The first-order valence-corrected chi connectivity index (χ1v) is 12.9. The van der Waals surface area contributed by atoms with E-state index in [9.17, 15) is 5.11 Å². The summed E-state index contributed by atoms with van der Waals surface area (Å²) in [6, 6.07) is 0.750. The van der Waals surface area contributed by atoms with Crippen LogP contribution in [0.2, 0.25) is 0 Å². The molecule has 4 aliphatic carbocycles. The summed E-state index contributed by atoms with van der Waals surface area (Å²) in [4.78, 5) is 0. The molecule has 0 amide bonds. The van der Waals surface area contributed by atoms with E-state index in [1.54, 1.807) is 5.57 Å². The SMILES string of the molecule is C[C@@H]1CC[C@@H]([C@@H](C)[C@H]2CC[C@H]3[C@@H]4CC=C5C[C@@H](O)CC[C@]5(C)[C@H]4CC[C@@]23C)NC1. The summed E-state index contributed by atoms with van der Waals surface area (Å²) in [5.74, 6) is 5.29. The largest absolute Gasteiger partial charge is 0.393 e. The first-order valence-electron chi connectivity index (χ1n) is 12.9. The van der Waals surface area contributed by atoms with Crippen LogP contribution in [0, 0.1) is 46.3 Å². The average molecular weight is 400 g/mol. The quantitative estimate of drug-likeness (QED) is 0.562. The molecule has 1 heterocycles. The van der Waals surface area contributed by atoms with E-state index in [4.69, 9.17) is 0 Å². The molecule has 0 aromatic carbocycles. The van der Waals surface area contributed by atoms with Crippen molar-refractivity contribution in [2.45, 2.75) is 104 Å². The van der Waals surface area contributed by atoms with Crippen molar-refractivity contribution in [3.63, 3.8) is 0 Å². The van der Waals surface area contributed by atoms with Gasteiger partial charge >= 0.3 is 0 Å². The molecule has 1 saturated heterocycles. The molecule has 2 nitrogen and oxygen atoms in total. The molecule has 164 valence electrons. The summed E-state index contributed by atoms with van der Waals surface area (Å²) < 4.78 is 0. The van der Waals surface area contributed by atoms with Gasteiger partial charge in [-0.25, -0.2) is 0 Å². The standard InChI is InChI=1S/C27H45NO/c1-17-5-10-25(28-16-17)18(2)22-8-9-23-21-7-6-19-15-20(29)11-13-26(19,3)24(21)12-14-27(22,23)4/h6,17-18,20-25,28-29H,5,7-16H2,1-4H3/t17-,18+,20+,21+,22-,23+,24+,25+,26+,27+/m1/s1. The lowest BCUT2D eigenvalue weighted by Gasteiger charge is -2.58. The van der Waals surface area contributed by atoms with E-state index in [2.05, 4.69) is 39.1 Å². The molecule has 0 aromatic heterocycles. The topological polar surface area (TPSA) is 32.3 Å². The van der Waals surface area contributed by atoms with Gasteiger partial charge in [0.15, 0.2) is 0 Å². The van der Waals surface area contributed by atoms with E-state index in [0.29, 0.717) is 10.8 Å². The maximum Gasteiger partial charge on any atom is 0.0577 e. The highest BCUT2D eigenvalue weighted by atomic mass is 16.3. The Morgan fingerprint density at radius 1 is 1.03 bits per heavy atom. The maximum atomic E-state index is 10.2. The Bertz CT molecular complexity index is 649. The van der Waals surface area contributed by atoms with Crippen LogP contribution in [0.25, 0.3) is 0 Å². The molecule has 0 radical (unpaired) electrons. The number of hydrogen-bond acceptors (Lipinski definition) is 2. The predicted molar refractivity (Wildman–Crippen MR) is 121 cm³/mol. The molecule has 0 spiro atoms. The van der Waals surface area contributed by atoms with Crippen LogP contribution >= 0.6 is 0 Å². The van der Waals surface area contributed by atoms with Crippen LogP contribution in [0.4, 0.5) is 0 Å². The molecule has 10 atom stereocenters. The molecule has 5 rings (SSSR count).